The Bertz CT molecular complexity index is 1440. The summed E-state index contributed by atoms with van der Waals surface area (Å²) in [6.07, 6.45) is 0.134. The molecule has 15 heteroatoms. The molecular weight excluding hydrogens is 525 g/mol. The number of sulfone groups is 1. The lowest BCUT2D eigenvalue weighted by molar-refractivity contribution is 0.564. The monoisotopic (exact) mass is 543 g/mol. The normalized spacial score (nSPS) is 16.2. The van der Waals surface area contributed by atoms with Gasteiger partial charge in [-0.15, -0.1) is 10.2 Å². The van der Waals surface area contributed by atoms with Gasteiger partial charge in [0.15, 0.2) is 26.9 Å². The zero-order valence-corrected chi connectivity index (χ0v) is 20.5. The number of aromatic nitrogens is 3. The summed E-state index contributed by atoms with van der Waals surface area (Å²) in [5, 5.41) is 11.7. The second-order valence-corrected chi connectivity index (χ2v) is 12.2. The van der Waals surface area contributed by atoms with Crippen molar-refractivity contribution in [1.29, 1.82) is 0 Å². The Kier molecular flexibility index (Phi) is 6.71. The summed E-state index contributed by atoms with van der Waals surface area (Å²) in [5.41, 5.74) is 4.25. The fourth-order valence-corrected chi connectivity index (χ4v) is 5.93. The fraction of sp³-hybridized carbons (Fsp3) is 0.211. The molecule has 0 fully saturated rings. The molecule has 2 aromatic carbocycles. The fourth-order valence-electron chi connectivity index (χ4n) is 3.19. The quantitative estimate of drug-likeness (QED) is 0.362. The number of nitrogens with zero attached hydrogens (tertiary/aromatic N) is 4. The Labute approximate surface area is 205 Å². The third kappa shape index (κ3) is 5.60. The van der Waals surface area contributed by atoms with E-state index in [4.69, 9.17) is 29.0 Å². The minimum atomic E-state index is -3.90. The molecule has 1 unspecified atom stereocenters. The topological polar surface area (TPSA) is 161 Å². The van der Waals surface area contributed by atoms with Gasteiger partial charge in [0, 0.05) is 22.2 Å². The minimum Gasteiger partial charge on any atom is -0.336 e. The average Bonchev–Trinajstić information content (AvgIpc) is 3.39. The van der Waals surface area contributed by atoms with Crippen LogP contribution in [-0.2, 0) is 31.4 Å². The SMILES string of the molecule is Nn1c(CS(=O)(=O)Nc2ccc(Cl)cc2)nnc1CS(=O)(=O)C1CC(c2ccc(Cl)cc2)=NN1. The third-order valence-electron chi connectivity index (χ3n) is 4.94. The van der Waals surface area contributed by atoms with E-state index < -0.39 is 36.7 Å². The van der Waals surface area contributed by atoms with Crippen LogP contribution in [0.5, 0.6) is 0 Å². The van der Waals surface area contributed by atoms with Crippen molar-refractivity contribution >= 4 is 54.5 Å². The number of halogens is 2. The lowest BCUT2D eigenvalue weighted by Gasteiger charge is -2.11. The Morgan fingerprint density at radius 1 is 0.941 bits per heavy atom. The number of nitrogen functional groups attached to an aromatic ring is 1. The van der Waals surface area contributed by atoms with Crippen molar-refractivity contribution in [3.05, 3.63) is 75.8 Å². The van der Waals surface area contributed by atoms with Gasteiger partial charge in [0.05, 0.1) is 5.71 Å². The van der Waals surface area contributed by atoms with E-state index in [-0.39, 0.29) is 18.1 Å². The van der Waals surface area contributed by atoms with Crippen LogP contribution in [0.15, 0.2) is 53.6 Å². The van der Waals surface area contributed by atoms with Crippen molar-refractivity contribution in [2.24, 2.45) is 5.10 Å². The number of nitrogens with one attached hydrogen (secondary N) is 2. The van der Waals surface area contributed by atoms with E-state index in [2.05, 4.69) is 25.4 Å². The molecule has 0 bridgehead atoms. The number of anilines is 1. The smallest absolute Gasteiger partial charge is 0.240 e. The predicted octanol–water partition coefficient (Wildman–Crippen LogP) is 1.88. The summed E-state index contributed by atoms with van der Waals surface area (Å²) in [5.74, 6) is 4.54. The molecule has 0 aliphatic carbocycles. The molecule has 1 atom stereocenters. The highest BCUT2D eigenvalue weighted by molar-refractivity contribution is 7.92. The molecule has 0 amide bonds. The van der Waals surface area contributed by atoms with Crippen LogP contribution in [0.1, 0.15) is 23.6 Å². The average molecular weight is 544 g/mol. The van der Waals surface area contributed by atoms with Crippen LogP contribution in [-0.4, -0.2) is 42.8 Å². The Balaban J connectivity index is 1.42. The molecule has 0 saturated carbocycles. The molecule has 0 radical (unpaired) electrons. The van der Waals surface area contributed by atoms with Crippen molar-refractivity contribution in [3.8, 4) is 0 Å². The number of sulfonamides is 1. The number of rotatable bonds is 8. The van der Waals surface area contributed by atoms with E-state index in [1.54, 1.807) is 24.3 Å². The van der Waals surface area contributed by atoms with Gasteiger partial charge in [0.1, 0.15) is 11.5 Å². The van der Waals surface area contributed by atoms with E-state index in [1.165, 1.54) is 24.3 Å². The first-order chi connectivity index (χ1) is 16.0. The molecule has 1 aliphatic heterocycles. The summed E-state index contributed by atoms with van der Waals surface area (Å²) in [6, 6.07) is 12.9. The first-order valence-corrected chi connectivity index (χ1v) is 13.9. The second-order valence-electron chi connectivity index (χ2n) is 7.46. The molecule has 0 saturated heterocycles. The largest absolute Gasteiger partial charge is 0.336 e. The molecule has 11 nitrogen and oxygen atoms in total. The standard InChI is InChI=1S/C19H19Cl2N7O4S2/c20-13-3-1-12(2-4-13)16-9-19(26-23-16)33(29,30)10-17-24-25-18(28(17)22)11-34(31,32)27-15-7-5-14(21)6-8-15/h1-8,19,26-27H,9-11,22H2. The second kappa shape index (κ2) is 9.41. The van der Waals surface area contributed by atoms with E-state index in [0.29, 0.717) is 21.4 Å². The number of hydrogen-bond acceptors (Lipinski definition) is 9. The van der Waals surface area contributed by atoms with Crippen molar-refractivity contribution in [1.82, 2.24) is 20.3 Å². The first-order valence-electron chi connectivity index (χ1n) is 9.76. The minimum absolute atomic E-state index is 0.0987. The van der Waals surface area contributed by atoms with Crippen LogP contribution in [0.3, 0.4) is 0 Å². The Morgan fingerprint density at radius 3 is 2.12 bits per heavy atom. The van der Waals surface area contributed by atoms with E-state index in [0.717, 1.165) is 10.2 Å². The summed E-state index contributed by atoms with van der Waals surface area (Å²) < 4.78 is 54.0. The molecule has 4 rings (SSSR count). The number of nitrogens with two attached hydrogens (primary N) is 1. The molecular formula is C19H19Cl2N7O4S2. The van der Waals surface area contributed by atoms with Crippen molar-refractivity contribution in [3.63, 3.8) is 0 Å². The lowest BCUT2D eigenvalue weighted by atomic mass is 10.1. The Hall–Kier alpha value is -2.87. The van der Waals surface area contributed by atoms with Crippen molar-refractivity contribution < 1.29 is 16.8 Å². The molecule has 4 N–H and O–H groups in total. The number of benzene rings is 2. The van der Waals surface area contributed by atoms with Crippen LogP contribution >= 0.6 is 23.2 Å². The molecule has 2 heterocycles. The maximum atomic E-state index is 12.9. The van der Waals surface area contributed by atoms with E-state index >= 15 is 0 Å². The van der Waals surface area contributed by atoms with Gasteiger partial charge < -0.3 is 5.84 Å². The van der Waals surface area contributed by atoms with E-state index in [1.807, 2.05) is 0 Å². The maximum absolute atomic E-state index is 12.9. The first kappa shape index (κ1) is 24.3. The Morgan fingerprint density at radius 2 is 1.50 bits per heavy atom. The highest BCUT2D eigenvalue weighted by atomic mass is 35.5. The summed E-state index contributed by atoms with van der Waals surface area (Å²) in [6.45, 7) is 0. The van der Waals surface area contributed by atoms with Gasteiger partial charge in [-0.1, -0.05) is 35.3 Å². The molecule has 3 aromatic rings. The van der Waals surface area contributed by atoms with Crippen LogP contribution < -0.4 is 16.0 Å². The molecule has 180 valence electrons. The van der Waals surface area contributed by atoms with Crippen molar-refractivity contribution in [2.75, 3.05) is 10.6 Å². The molecule has 34 heavy (non-hydrogen) atoms. The van der Waals surface area contributed by atoms with Gasteiger partial charge in [-0.3, -0.25) is 10.1 Å². The van der Waals surface area contributed by atoms with Gasteiger partial charge in [-0.05, 0) is 42.0 Å². The lowest BCUT2D eigenvalue weighted by Crippen LogP contribution is -2.32. The third-order valence-corrected chi connectivity index (χ3v) is 8.43. The van der Waals surface area contributed by atoms with Gasteiger partial charge >= 0.3 is 0 Å². The maximum Gasteiger partial charge on any atom is 0.240 e. The molecule has 1 aromatic heterocycles. The van der Waals surface area contributed by atoms with Crippen LogP contribution in [0.4, 0.5) is 5.69 Å². The number of hydrogen-bond donors (Lipinski definition) is 3. The zero-order valence-electron chi connectivity index (χ0n) is 17.4. The van der Waals surface area contributed by atoms with Crippen molar-refractivity contribution in [2.45, 2.75) is 23.3 Å². The van der Waals surface area contributed by atoms with E-state index in [9.17, 15) is 16.8 Å². The van der Waals surface area contributed by atoms with Gasteiger partial charge in [-0.25, -0.2) is 21.5 Å². The summed E-state index contributed by atoms with van der Waals surface area (Å²) in [7, 11) is -7.70. The van der Waals surface area contributed by atoms with Crippen LogP contribution in [0.2, 0.25) is 10.0 Å². The van der Waals surface area contributed by atoms with Gasteiger partial charge in [-0.2, -0.15) is 5.10 Å². The van der Waals surface area contributed by atoms with Crippen LogP contribution in [0.25, 0.3) is 0 Å². The predicted molar refractivity (Wildman–Crippen MR) is 130 cm³/mol. The van der Waals surface area contributed by atoms with Gasteiger partial charge in [0.25, 0.3) is 0 Å². The summed E-state index contributed by atoms with van der Waals surface area (Å²) >= 11 is 11.7. The summed E-state index contributed by atoms with van der Waals surface area (Å²) in [4.78, 5) is 0. The van der Waals surface area contributed by atoms with Gasteiger partial charge in [0.2, 0.25) is 10.0 Å². The number of hydrazone groups is 1. The van der Waals surface area contributed by atoms with Crippen LogP contribution in [0, 0.1) is 0 Å². The zero-order chi connectivity index (χ0) is 24.5. The molecule has 0 spiro atoms. The highest BCUT2D eigenvalue weighted by Gasteiger charge is 2.33. The highest BCUT2D eigenvalue weighted by Crippen LogP contribution is 2.21. The molecule has 1 aliphatic rings.